The van der Waals surface area contributed by atoms with E-state index in [-0.39, 0.29) is 5.78 Å². The van der Waals surface area contributed by atoms with E-state index in [1.54, 1.807) is 18.2 Å². The number of carbonyl (C=O) groups excluding carboxylic acids is 1. The van der Waals surface area contributed by atoms with Gasteiger partial charge < -0.3 is 0 Å². The summed E-state index contributed by atoms with van der Waals surface area (Å²) in [5.41, 5.74) is 0.574. The van der Waals surface area contributed by atoms with Crippen LogP contribution < -0.4 is 0 Å². The number of piperidine rings is 1. The summed E-state index contributed by atoms with van der Waals surface area (Å²) in [6.45, 7) is 4.70. The van der Waals surface area contributed by atoms with Crippen LogP contribution in [0, 0.1) is 5.92 Å². The molecule has 0 radical (unpaired) electrons. The van der Waals surface area contributed by atoms with Crippen LogP contribution in [0.3, 0.4) is 0 Å². The second-order valence-corrected chi connectivity index (χ2v) is 6.04. The normalized spacial score (nSPS) is 20.5. The molecule has 1 fully saturated rings. The van der Waals surface area contributed by atoms with Gasteiger partial charge in [-0.3, -0.25) is 9.69 Å². The lowest BCUT2D eigenvalue weighted by molar-refractivity contribution is 0.0885. The van der Waals surface area contributed by atoms with Crippen molar-refractivity contribution in [3.63, 3.8) is 0 Å². The molecule has 0 spiro atoms. The van der Waals surface area contributed by atoms with Crippen molar-refractivity contribution in [3.05, 3.63) is 33.8 Å². The SMILES string of the molecule is CCC1CCCN(CC(=O)c2ccc(Cl)cc2Cl)C1. The van der Waals surface area contributed by atoms with E-state index >= 15 is 0 Å². The van der Waals surface area contributed by atoms with Crippen molar-refractivity contribution in [2.45, 2.75) is 26.2 Å². The molecule has 19 heavy (non-hydrogen) atoms. The molecule has 4 heteroatoms. The molecule has 1 aliphatic rings. The Morgan fingerprint density at radius 1 is 1.42 bits per heavy atom. The zero-order valence-electron chi connectivity index (χ0n) is 11.2. The van der Waals surface area contributed by atoms with Crippen LogP contribution in [0.4, 0.5) is 0 Å². The van der Waals surface area contributed by atoms with Gasteiger partial charge in [0.1, 0.15) is 0 Å². The lowest BCUT2D eigenvalue weighted by Gasteiger charge is -2.31. The molecule has 0 N–H and O–H groups in total. The van der Waals surface area contributed by atoms with Crippen molar-refractivity contribution < 1.29 is 4.79 Å². The number of likely N-dealkylation sites (tertiary alicyclic amines) is 1. The molecule has 0 aromatic heterocycles. The van der Waals surface area contributed by atoms with Crippen LogP contribution in [-0.4, -0.2) is 30.3 Å². The van der Waals surface area contributed by atoms with Gasteiger partial charge in [0.15, 0.2) is 5.78 Å². The quantitative estimate of drug-likeness (QED) is 0.773. The number of rotatable bonds is 4. The number of benzene rings is 1. The Morgan fingerprint density at radius 2 is 2.21 bits per heavy atom. The minimum Gasteiger partial charge on any atom is -0.296 e. The maximum Gasteiger partial charge on any atom is 0.178 e. The van der Waals surface area contributed by atoms with Gasteiger partial charge in [0.2, 0.25) is 0 Å². The summed E-state index contributed by atoms with van der Waals surface area (Å²) in [6, 6.07) is 5.06. The summed E-state index contributed by atoms with van der Waals surface area (Å²) in [7, 11) is 0. The van der Waals surface area contributed by atoms with E-state index < -0.39 is 0 Å². The molecule has 1 heterocycles. The summed E-state index contributed by atoms with van der Waals surface area (Å²) >= 11 is 11.9. The van der Waals surface area contributed by atoms with Gasteiger partial charge in [-0.15, -0.1) is 0 Å². The highest BCUT2D eigenvalue weighted by molar-refractivity contribution is 6.36. The van der Waals surface area contributed by atoms with Crippen LogP contribution >= 0.6 is 23.2 Å². The van der Waals surface area contributed by atoms with Crippen molar-refractivity contribution in [3.8, 4) is 0 Å². The van der Waals surface area contributed by atoms with Crippen LogP contribution in [0.15, 0.2) is 18.2 Å². The molecule has 2 nitrogen and oxygen atoms in total. The first kappa shape index (κ1) is 14.8. The van der Waals surface area contributed by atoms with E-state index in [0.29, 0.717) is 22.2 Å². The smallest absolute Gasteiger partial charge is 0.178 e. The standard InChI is InChI=1S/C15H19Cl2NO/c1-2-11-4-3-7-18(9-11)10-15(19)13-6-5-12(16)8-14(13)17/h5-6,8,11H,2-4,7,9-10H2,1H3. The fourth-order valence-electron chi connectivity index (χ4n) is 2.63. The molecular weight excluding hydrogens is 281 g/mol. The maximum absolute atomic E-state index is 12.3. The molecule has 1 unspecified atom stereocenters. The molecule has 1 saturated heterocycles. The largest absolute Gasteiger partial charge is 0.296 e. The van der Waals surface area contributed by atoms with E-state index in [9.17, 15) is 4.79 Å². The maximum atomic E-state index is 12.3. The molecular formula is C15H19Cl2NO. The Balaban J connectivity index is 2.00. The van der Waals surface area contributed by atoms with E-state index in [1.165, 1.54) is 19.3 Å². The topological polar surface area (TPSA) is 20.3 Å². The Morgan fingerprint density at radius 3 is 2.89 bits per heavy atom. The Labute approximate surface area is 124 Å². The summed E-state index contributed by atoms with van der Waals surface area (Å²) < 4.78 is 0. The second kappa shape index (κ2) is 6.74. The van der Waals surface area contributed by atoms with Crippen molar-refractivity contribution in [1.82, 2.24) is 4.90 Å². The first-order valence-corrected chi connectivity index (χ1v) is 7.56. The lowest BCUT2D eigenvalue weighted by Crippen LogP contribution is -2.38. The third-order valence-corrected chi connectivity index (χ3v) is 4.33. The van der Waals surface area contributed by atoms with Crippen molar-refractivity contribution in [2.24, 2.45) is 5.92 Å². The molecule has 1 aromatic carbocycles. The fourth-order valence-corrected chi connectivity index (χ4v) is 3.15. The fraction of sp³-hybridized carbons (Fsp3) is 0.533. The number of halogens is 2. The number of nitrogens with zero attached hydrogens (tertiary/aromatic N) is 1. The molecule has 0 amide bonds. The van der Waals surface area contributed by atoms with Crippen LogP contribution in [0.2, 0.25) is 10.0 Å². The lowest BCUT2D eigenvalue weighted by atomic mass is 9.95. The van der Waals surface area contributed by atoms with Gasteiger partial charge in [-0.05, 0) is 43.5 Å². The zero-order valence-corrected chi connectivity index (χ0v) is 12.7. The predicted octanol–water partition coefficient (Wildman–Crippen LogP) is 4.30. The third kappa shape index (κ3) is 3.95. The first-order valence-electron chi connectivity index (χ1n) is 6.80. The van der Waals surface area contributed by atoms with E-state index in [2.05, 4.69) is 11.8 Å². The number of ketones is 1. The zero-order chi connectivity index (χ0) is 13.8. The summed E-state index contributed by atoms with van der Waals surface area (Å²) in [5.74, 6) is 0.806. The predicted molar refractivity (Wildman–Crippen MR) is 80.2 cm³/mol. The highest BCUT2D eigenvalue weighted by Crippen LogP contribution is 2.23. The van der Waals surface area contributed by atoms with Crippen LogP contribution in [0.1, 0.15) is 36.5 Å². The monoisotopic (exact) mass is 299 g/mol. The van der Waals surface area contributed by atoms with Crippen molar-refractivity contribution >= 4 is 29.0 Å². The Bertz CT molecular complexity index is 461. The minimum absolute atomic E-state index is 0.0819. The van der Waals surface area contributed by atoms with Crippen molar-refractivity contribution in [2.75, 3.05) is 19.6 Å². The molecule has 0 bridgehead atoms. The Hall–Kier alpha value is -0.570. The van der Waals surface area contributed by atoms with Crippen LogP contribution in [0.25, 0.3) is 0 Å². The number of hydrogen-bond donors (Lipinski definition) is 0. The van der Waals surface area contributed by atoms with Gasteiger partial charge in [0, 0.05) is 17.1 Å². The molecule has 1 aliphatic heterocycles. The average molecular weight is 300 g/mol. The van der Waals surface area contributed by atoms with E-state index in [1.807, 2.05) is 0 Å². The van der Waals surface area contributed by atoms with Gasteiger partial charge in [0.25, 0.3) is 0 Å². The second-order valence-electron chi connectivity index (χ2n) is 5.20. The van der Waals surface area contributed by atoms with Crippen LogP contribution in [-0.2, 0) is 0 Å². The first-order chi connectivity index (χ1) is 9.10. The summed E-state index contributed by atoms with van der Waals surface area (Å²) in [5, 5.41) is 1.01. The summed E-state index contributed by atoms with van der Waals surface area (Å²) in [6.07, 6.45) is 3.65. The number of carbonyl (C=O) groups is 1. The van der Waals surface area contributed by atoms with Gasteiger partial charge in [0.05, 0.1) is 11.6 Å². The van der Waals surface area contributed by atoms with Gasteiger partial charge in [-0.1, -0.05) is 36.5 Å². The number of hydrogen-bond acceptors (Lipinski definition) is 2. The van der Waals surface area contributed by atoms with E-state index in [4.69, 9.17) is 23.2 Å². The molecule has 0 aliphatic carbocycles. The number of Topliss-reactive ketones (excluding diaryl/α,β-unsaturated/α-hetero) is 1. The van der Waals surface area contributed by atoms with Gasteiger partial charge >= 0.3 is 0 Å². The molecule has 0 saturated carbocycles. The Kier molecular flexibility index (Phi) is 5.26. The molecule has 1 aromatic rings. The summed E-state index contributed by atoms with van der Waals surface area (Å²) in [4.78, 5) is 14.5. The molecule has 2 rings (SSSR count). The highest BCUT2D eigenvalue weighted by Gasteiger charge is 2.21. The highest BCUT2D eigenvalue weighted by atomic mass is 35.5. The average Bonchev–Trinajstić information content (AvgIpc) is 2.38. The van der Waals surface area contributed by atoms with Gasteiger partial charge in [-0.2, -0.15) is 0 Å². The molecule has 1 atom stereocenters. The third-order valence-electron chi connectivity index (χ3n) is 3.78. The minimum atomic E-state index is 0.0819. The van der Waals surface area contributed by atoms with Crippen LogP contribution in [0.5, 0.6) is 0 Å². The molecule has 104 valence electrons. The van der Waals surface area contributed by atoms with Gasteiger partial charge in [-0.25, -0.2) is 0 Å². The van der Waals surface area contributed by atoms with Crippen molar-refractivity contribution in [1.29, 1.82) is 0 Å². The van der Waals surface area contributed by atoms with E-state index in [0.717, 1.165) is 19.0 Å².